The molecule has 1 aliphatic carbocycles. The standard InChI is InChI=1S/C14H24F2N2O2.ClH/c1-2-20-7-6-13(4-3-5-13)9-18-12(19)11-8-14(15,16)10-17-11;/h11,17H,2-10H2,1H3,(H,18,19);1H. The summed E-state index contributed by atoms with van der Waals surface area (Å²) in [5, 5.41) is 5.43. The molecule has 2 aliphatic rings. The summed E-state index contributed by atoms with van der Waals surface area (Å²) in [5.74, 6) is -3.06. The molecule has 2 fully saturated rings. The fourth-order valence-corrected chi connectivity index (χ4v) is 2.92. The van der Waals surface area contributed by atoms with Crippen molar-refractivity contribution in [1.29, 1.82) is 0 Å². The van der Waals surface area contributed by atoms with Crippen LogP contribution in [0.25, 0.3) is 0 Å². The number of rotatable bonds is 7. The van der Waals surface area contributed by atoms with Crippen molar-refractivity contribution in [3.8, 4) is 0 Å². The van der Waals surface area contributed by atoms with Crippen LogP contribution in [-0.4, -0.2) is 44.2 Å². The molecule has 1 heterocycles. The number of halogens is 3. The molecule has 124 valence electrons. The Morgan fingerprint density at radius 1 is 1.43 bits per heavy atom. The molecule has 2 rings (SSSR count). The summed E-state index contributed by atoms with van der Waals surface area (Å²) in [6.07, 6.45) is 3.85. The summed E-state index contributed by atoms with van der Waals surface area (Å²) in [4.78, 5) is 11.9. The van der Waals surface area contributed by atoms with E-state index in [4.69, 9.17) is 4.74 Å². The first-order valence-electron chi connectivity index (χ1n) is 7.43. The molecule has 1 unspecified atom stereocenters. The maximum atomic E-state index is 13.1. The minimum Gasteiger partial charge on any atom is -0.382 e. The summed E-state index contributed by atoms with van der Waals surface area (Å²) in [6.45, 7) is 3.53. The van der Waals surface area contributed by atoms with Gasteiger partial charge in [0.15, 0.2) is 0 Å². The molecule has 4 nitrogen and oxygen atoms in total. The van der Waals surface area contributed by atoms with E-state index in [0.717, 1.165) is 19.3 Å². The van der Waals surface area contributed by atoms with Crippen molar-refractivity contribution in [2.24, 2.45) is 5.41 Å². The van der Waals surface area contributed by atoms with Gasteiger partial charge in [-0.05, 0) is 31.6 Å². The van der Waals surface area contributed by atoms with Crippen LogP contribution in [0.2, 0.25) is 0 Å². The number of hydrogen-bond donors (Lipinski definition) is 2. The predicted molar refractivity (Wildman–Crippen MR) is 79.0 cm³/mol. The van der Waals surface area contributed by atoms with Crippen molar-refractivity contribution in [3.63, 3.8) is 0 Å². The van der Waals surface area contributed by atoms with Gasteiger partial charge < -0.3 is 10.1 Å². The van der Waals surface area contributed by atoms with Crippen LogP contribution >= 0.6 is 12.4 Å². The predicted octanol–water partition coefficient (Wildman–Crippen LogP) is 2.12. The van der Waals surface area contributed by atoms with Crippen LogP contribution in [0.1, 0.15) is 39.0 Å². The SMILES string of the molecule is CCOCCC1(CNC(=O)C2CC(F)(F)CN2)CCC1.Cl. The molecular formula is C14H25ClF2N2O2. The van der Waals surface area contributed by atoms with Gasteiger partial charge in [0.2, 0.25) is 5.91 Å². The quantitative estimate of drug-likeness (QED) is 0.705. The Kier molecular flexibility index (Phi) is 6.81. The highest BCUT2D eigenvalue weighted by Gasteiger charge is 2.43. The number of hydrogen-bond acceptors (Lipinski definition) is 3. The molecule has 1 amide bonds. The monoisotopic (exact) mass is 326 g/mol. The normalized spacial score (nSPS) is 25.8. The van der Waals surface area contributed by atoms with E-state index in [1.54, 1.807) is 0 Å². The number of alkyl halides is 2. The van der Waals surface area contributed by atoms with E-state index in [-0.39, 0.29) is 23.7 Å². The average Bonchev–Trinajstić information content (AvgIpc) is 2.72. The van der Waals surface area contributed by atoms with Crippen molar-refractivity contribution >= 4 is 18.3 Å². The number of carbonyl (C=O) groups excluding carboxylic acids is 1. The molecule has 21 heavy (non-hydrogen) atoms. The van der Waals surface area contributed by atoms with Gasteiger partial charge in [0, 0.05) is 26.2 Å². The van der Waals surface area contributed by atoms with Crippen LogP contribution in [0.3, 0.4) is 0 Å². The van der Waals surface area contributed by atoms with Gasteiger partial charge in [-0.25, -0.2) is 8.78 Å². The fourth-order valence-electron chi connectivity index (χ4n) is 2.92. The zero-order valence-electron chi connectivity index (χ0n) is 12.4. The van der Waals surface area contributed by atoms with Crippen LogP contribution in [0, 0.1) is 5.41 Å². The summed E-state index contributed by atoms with van der Waals surface area (Å²) >= 11 is 0. The molecule has 1 saturated heterocycles. The van der Waals surface area contributed by atoms with Gasteiger partial charge in [0.25, 0.3) is 5.92 Å². The summed E-state index contributed by atoms with van der Waals surface area (Å²) < 4.78 is 31.5. The van der Waals surface area contributed by atoms with Crippen molar-refractivity contribution in [2.75, 3.05) is 26.3 Å². The highest BCUT2D eigenvalue weighted by molar-refractivity contribution is 5.85. The van der Waals surface area contributed by atoms with Crippen LogP contribution < -0.4 is 10.6 Å². The number of carbonyl (C=O) groups is 1. The Bertz CT molecular complexity index is 352. The lowest BCUT2D eigenvalue weighted by Gasteiger charge is -2.42. The van der Waals surface area contributed by atoms with Crippen LogP contribution in [0.15, 0.2) is 0 Å². The first kappa shape index (κ1) is 18.6. The number of ether oxygens (including phenoxy) is 1. The Labute approximate surface area is 130 Å². The van der Waals surface area contributed by atoms with Gasteiger partial charge in [-0.1, -0.05) is 6.42 Å². The molecule has 0 bridgehead atoms. The van der Waals surface area contributed by atoms with Gasteiger partial charge in [0.1, 0.15) is 0 Å². The third-order valence-corrected chi connectivity index (χ3v) is 4.46. The molecule has 0 aromatic carbocycles. The Morgan fingerprint density at radius 3 is 2.62 bits per heavy atom. The van der Waals surface area contributed by atoms with E-state index in [1.807, 2.05) is 6.92 Å². The molecule has 0 aromatic rings. The molecule has 2 N–H and O–H groups in total. The van der Waals surface area contributed by atoms with Crippen molar-refractivity contribution < 1.29 is 18.3 Å². The van der Waals surface area contributed by atoms with E-state index in [1.165, 1.54) is 6.42 Å². The third kappa shape index (κ3) is 5.04. The molecule has 1 aliphatic heterocycles. The van der Waals surface area contributed by atoms with Crippen LogP contribution in [0.4, 0.5) is 8.78 Å². The summed E-state index contributed by atoms with van der Waals surface area (Å²) in [5.41, 5.74) is 0.117. The summed E-state index contributed by atoms with van der Waals surface area (Å²) in [6, 6.07) is -0.756. The summed E-state index contributed by atoms with van der Waals surface area (Å²) in [7, 11) is 0. The third-order valence-electron chi connectivity index (χ3n) is 4.46. The van der Waals surface area contributed by atoms with Crippen LogP contribution in [0.5, 0.6) is 0 Å². The fraction of sp³-hybridized carbons (Fsp3) is 0.929. The van der Waals surface area contributed by atoms with Gasteiger partial charge in [-0.3, -0.25) is 10.1 Å². The van der Waals surface area contributed by atoms with Crippen molar-refractivity contribution in [3.05, 3.63) is 0 Å². The molecule has 0 spiro atoms. The lowest BCUT2D eigenvalue weighted by molar-refractivity contribution is -0.124. The minimum absolute atomic E-state index is 0. The van der Waals surface area contributed by atoms with Crippen LogP contribution in [-0.2, 0) is 9.53 Å². The molecule has 0 aromatic heterocycles. The topological polar surface area (TPSA) is 50.4 Å². The van der Waals surface area contributed by atoms with E-state index in [9.17, 15) is 13.6 Å². The van der Waals surface area contributed by atoms with Crippen molar-refractivity contribution in [1.82, 2.24) is 10.6 Å². The number of nitrogens with one attached hydrogen (secondary N) is 2. The van der Waals surface area contributed by atoms with Gasteiger partial charge in [0.05, 0.1) is 12.6 Å². The zero-order valence-corrected chi connectivity index (χ0v) is 13.2. The average molecular weight is 327 g/mol. The maximum Gasteiger partial charge on any atom is 0.262 e. The van der Waals surface area contributed by atoms with E-state index < -0.39 is 24.9 Å². The van der Waals surface area contributed by atoms with E-state index in [2.05, 4.69) is 10.6 Å². The maximum absolute atomic E-state index is 13.1. The lowest BCUT2D eigenvalue weighted by atomic mass is 9.66. The smallest absolute Gasteiger partial charge is 0.262 e. The molecule has 0 radical (unpaired) electrons. The Balaban J connectivity index is 0.00000220. The molecule has 1 atom stereocenters. The number of amides is 1. The Hall–Kier alpha value is -0.460. The van der Waals surface area contributed by atoms with Gasteiger partial charge in [-0.2, -0.15) is 0 Å². The second-order valence-electron chi connectivity index (χ2n) is 6.01. The highest BCUT2D eigenvalue weighted by Crippen LogP contribution is 2.43. The molecule has 1 saturated carbocycles. The van der Waals surface area contributed by atoms with Crippen molar-refractivity contribution in [2.45, 2.75) is 51.0 Å². The van der Waals surface area contributed by atoms with Gasteiger partial charge >= 0.3 is 0 Å². The molecular weight excluding hydrogens is 302 g/mol. The largest absolute Gasteiger partial charge is 0.382 e. The Morgan fingerprint density at radius 2 is 2.14 bits per heavy atom. The second kappa shape index (κ2) is 7.70. The van der Waals surface area contributed by atoms with E-state index in [0.29, 0.717) is 19.8 Å². The minimum atomic E-state index is -2.76. The first-order chi connectivity index (χ1) is 9.46. The van der Waals surface area contributed by atoms with Gasteiger partial charge in [-0.15, -0.1) is 12.4 Å². The zero-order chi connectivity index (χ0) is 14.6. The molecule has 7 heteroatoms. The second-order valence-corrected chi connectivity index (χ2v) is 6.01. The van der Waals surface area contributed by atoms with E-state index >= 15 is 0 Å². The first-order valence-corrected chi connectivity index (χ1v) is 7.43. The lowest BCUT2D eigenvalue weighted by Crippen LogP contribution is -2.47. The highest BCUT2D eigenvalue weighted by atomic mass is 35.5.